The van der Waals surface area contributed by atoms with Gasteiger partial charge in [0.25, 0.3) is 0 Å². The van der Waals surface area contributed by atoms with Crippen LogP contribution in [-0.4, -0.2) is 8.42 Å². The molecule has 0 saturated heterocycles. The zero-order chi connectivity index (χ0) is 14.2. The van der Waals surface area contributed by atoms with Gasteiger partial charge in [0.15, 0.2) is 0 Å². The summed E-state index contributed by atoms with van der Waals surface area (Å²) >= 11 is 13.2. The van der Waals surface area contributed by atoms with Gasteiger partial charge in [0.05, 0.1) is 0 Å². The Hall–Kier alpha value is 0.310. The van der Waals surface area contributed by atoms with Crippen molar-refractivity contribution < 1.29 is 8.42 Å². The van der Waals surface area contributed by atoms with E-state index >= 15 is 0 Å². The second kappa shape index (κ2) is 5.97. The molecule has 2 aromatic rings. The van der Waals surface area contributed by atoms with Gasteiger partial charge in [-0.05, 0) is 88.0 Å². The topological polar surface area (TPSA) is 34.1 Å². The predicted molar refractivity (Wildman–Crippen MR) is 89.1 cm³/mol. The van der Waals surface area contributed by atoms with Crippen molar-refractivity contribution in [2.24, 2.45) is 0 Å². The Morgan fingerprint density at radius 3 is 1.16 bits per heavy atom. The number of hydrogen-bond donors (Lipinski definition) is 0. The summed E-state index contributed by atoms with van der Waals surface area (Å²) in [7, 11) is -3.65. The maximum absolute atomic E-state index is 12.8. The Labute approximate surface area is 145 Å². The first-order chi connectivity index (χ1) is 8.85. The molecule has 0 aliphatic rings. The van der Waals surface area contributed by atoms with Crippen molar-refractivity contribution in [2.45, 2.75) is 9.79 Å². The molecule has 0 amide bonds. The summed E-state index contributed by atoms with van der Waals surface area (Å²) in [6, 6.07) is 10.3. The minimum absolute atomic E-state index is 0.211. The predicted octanol–water partition coefficient (Wildman–Crippen LogP) is 5.57. The molecular formula is C12H6Br4O2S. The fraction of sp³-hybridized carbons (Fsp3) is 0. The molecule has 0 spiro atoms. The van der Waals surface area contributed by atoms with Crippen LogP contribution in [0.3, 0.4) is 0 Å². The van der Waals surface area contributed by atoms with Crippen LogP contribution in [-0.2, 0) is 9.84 Å². The van der Waals surface area contributed by atoms with E-state index in [1.807, 2.05) is 0 Å². The van der Waals surface area contributed by atoms with E-state index in [-0.39, 0.29) is 9.79 Å². The van der Waals surface area contributed by atoms with Gasteiger partial charge in [-0.2, -0.15) is 0 Å². The molecule has 2 aromatic carbocycles. The monoisotopic (exact) mass is 530 g/mol. The van der Waals surface area contributed by atoms with Crippen LogP contribution in [0.2, 0.25) is 0 Å². The van der Waals surface area contributed by atoms with Crippen LogP contribution >= 0.6 is 63.7 Å². The van der Waals surface area contributed by atoms with Gasteiger partial charge in [-0.15, -0.1) is 0 Å². The average molecular weight is 534 g/mol. The summed E-state index contributed by atoms with van der Waals surface area (Å²) in [5.41, 5.74) is 0. The first-order valence-corrected chi connectivity index (χ1v) is 9.64. The van der Waals surface area contributed by atoms with Crippen molar-refractivity contribution in [3.63, 3.8) is 0 Å². The summed E-state index contributed by atoms with van der Waals surface area (Å²) in [5.74, 6) is 0. The summed E-state index contributed by atoms with van der Waals surface area (Å²) in [6.45, 7) is 0. The third-order valence-corrected chi connectivity index (χ3v) is 8.02. The molecule has 0 aliphatic heterocycles. The maximum Gasteiger partial charge on any atom is 0.211 e. The largest absolute Gasteiger partial charge is 0.218 e. The molecule has 0 aliphatic carbocycles. The highest BCUT2D eigenvalue weighted by atomic mass is 79.9. The van der Waals surface area contributed by atoms with Crippen molar-refractivity contribution in [1.29, 1.82) is 0 Å². The molecule has 7 heteroatoms. The smallest absolute Gasteiger partial charge is 0.211 e. The van der Waals surface area contributed by atoms with Gasteiger partial charge in [0.2, 0.25) is 9.84 Å². The fourth-order valence-electron chi connectivity index (χ4n) is 1.58. The molecule has 0 bridgehead atoms. The maximum atomic E-state index is 12.8. The molecule has 0 atom stereocenters. The van der Waals surface area contributed by atoms with Gasteiger partial charge in [0, 0.05) is 17.9 Å². The molecule has 0 heterocycles. The number of halogens is 4. The van der Waals surface area contributed by atoms with Gasteiger partial charge in [0.1, 0.15) is 9.79 Å². The minimum Gasteiger partial charge on any atom is -0.218 e. The van der Waals surface area contributed by atoms with E-state index in [0.29, 0.717) is 17.9 Å². The van der Waals surface area contributed by atoms with Gasteiger partial charge in [-0.3, -0.25) is 0 Å². The van der Waals surface area contributed by atoms with Crippen LogP contribution < -0.4 is 0 Å². The van der Waals surface area contributed by atoms with Crippen molar-refractivity contribution in [3.8, 4) is 0 Å². The molecule has 0 unspecified atom stereocenters. The van der Waals surface area contributed by atoms with Crippen LogP contribution in [0, 0.1) is 0 Å². The number of rotatable bonds is 2. The summed E-state index contributed by atoms with van der Waals surface area (Å²) in [4.78, 5) is 0.421. The number of benzene rings is 2. The highest BCUT2D eigenvalue weighted by Crippen LogP contribution is 2.39. The normalized spacial score (nSPS) is 11.6. The lowest BCUT2D eigenvalue weighted by atomic mass is 10.4. The minimum atomic E-state index is -3.65. The molecule has 100 valence electrons. The highest BCUT2D eigenvalue weighted by Gasteiger charge is 2.27. The lowest BCUT2D eigenvalue weighted by Gasteiger charge is -2.12. The van der Waals surface area contributed by atoms with Crippen LogP contribution in [0.1, 0.15) is 0 Å². The van der Waals surface area contributed by atoms with E-state index < -0.39 is 9.84 Å². The molecule has 2 nitrogen and oxygen atoms in total. The number of sulfone groups is 1. The Bertz CT molecular complexity index is 643. The summed E-state index contributed by atoms with van der Waals surface area (Å²) < 4.78 is 27.7. The molecule has 0 radical (unpaired) electrons. The molecule has 0 N–H and O–H groups in total. The number of hydrogen-bond acceptors (Lipinski definition) is 2. The Balaban J connectivity index is 2.81. The van der Waals surface area contributed by atoms with E-state index in [4.69, 9.17) is 0 Å². The molecule has 0 aromatic heterocycles. The Morgan fingerprint density at radius 2 is 0.895 bits per heavy atom. The molecular weight excluding hydrogens is 528 g/mol. The van der Waals surface area contributed by atoms with Crippen molar-refractivity contribution in [2.75, 3.05) is 0 Å². The average Bonchev–Trinajstić information content (AvgIpc) is 2.27. The van der Waals surface area contributed by atoms with Crippen molar-refractivity contribution >= 4 is 73.6 Å². The standard InChI is InChI=1S/C12H6Br4O2S/c13-7-3-1-4-8(14)11(7)19(17,18)12-9(15)5-2-6-10(12)16/h1-6H. The third-order valence-electron chi connectivity index (χ3n) is 2.38. The van der Waals surface area contributed by atoms with Crippen LogP contribution in [0.5, 0.6) is 0 Å². The zero-order valence-corrected chi connectivity index (χ0v) is 16.4. The second-order valence-electron chi connectivity index (χ2n) is 3.61. The van der Waals surface area contributed by atoms with E-state index in [2.05, 4.69) is 63.7 Å². The highest BCUT2D eigenvalue weighted by molar-refractivity contribution is 9.11. The van der Waals surface area contributed by atoms with E-state index in [9.17, 15) is 8.42 Å². The van der Waals surface area contributed by atoms with Crippen LogP contribution in [0.4, 0.5) is 0 Å². The fourth-order valence-corrected chi connectivity index (χ4v) is 7.64. The SMILES string of the molecule is O=S(=O)(c1c(Br)cccc1Br)c1c(Br)cccc1Br. The lowest BCUT2D eigenvalue weighted by molar-refractivity contribution is 0.594. The first kappa shape index (κ1) is 15.7. The lowest BCUT2D eigenvalue weighted by Crippen LogP contribution is -2.06. The summed E-state index contributed by atoms with van der Waals surface area (Å²) in [6.07, 6.45) is 0. The summed E-state index contributed by atoms with van der Waals surface area (Å²) in [5, 5.41) is 0. The van der Waals surface area contributed by atoms with E-state index in [1.165, 1.54) is 0 Å². The zero-order valence-electron chi connectivity index (χ0n) is 9.20. The van der Waals surface area contributed by atoms with Gasteiger partial charge >= 0.3 is 0 Å². The van der Waals surface area contributed by atoms with Gasteiger partial charge in [-0.1, -0.05) is 12.1 Å². The van der Waals surface area contributed by atoms with E-state index in [0.717, 1.165) is 0 Å². The Kier molecular flexibility index (Phi) is 4.93. The van der Waals surface area contributed by atoms with Gasteiger partial charge < -0.3 is 0 Å². The quantitative estimate of drug-likeness (QED) is 0.506. The second-order valence-corrected chi connectivity index (χ2v) is 8.85. The molecule has 0 fully saturated rings. The van der Waals surface area contributed by atoms with Crippen molar-refractivity contribution in [3.05, 3.63) is 54.3 Å². The Morgan fingerprint density at radius 1 is 0.632 bits per heavy atom. The van der Waals surface area contributed by atoms with Gasteiger partial charge in [-0.25, -0.2) is 8.42 Å². The molecule has 19 heavy (non-hydrogen) atoms. The van der Waals surface area contributed by atoms with E-state index in [1.54, 1.807) is 36.4 Å². The first-order valence-electron chi connectivity index (χ1n) is 4.99. The molecule has 0 saturated carbocycles. The van der Waals surface area contributed by atoms with Crippen LogP contribution in [0.25, 0.3) is 0 Å². The third kappa shape index (κ3) is 3.00. The van der Waals surface area contributed by atoms with Crippen molar-refractivity contribution in [1.82, 2.24) is 0 Å². The van der Waals surface area contributed by atoms with Crippen LogP contribution in [0.15, 0.2) is 64.1 Å². The molecule has 2 rings (SSSR count).